The third kappa shape index (κ3) is 2.12. The maximum absolute atomic E-state index is 3.63. The molecule has 2 nitrogen and oxygen atoms in total. The van der Waals surface area contributed by atoms with Crippen LogP contribution >= 0.6 is 0 Å². The van der Waals surface area contributed by atoms with Crippen LogP contribution in [0, 0.1) is 34.6 Å². The summed E-state index contributed by atoms with van der Waals surface area (Å²) in [5.74, 6) is 0. The Morgan fingerprint density at radius 1 is 0.765 bits per heavy atom. The summed E-state index contributed by atoms with van der Waals surface area (Å²) >= 11 is 0. The fourth-order valence-electron chi connectivity index (χ4n) is 2.91. The van der Waals surface area contributed by atoms with Gasteiger partial charge in [-0.2, -0.15) is 0 Å². The Hall–Kier alpha value is -0.860. The molecule has 17 heavy (non-hydrogen) atoms. The number of hydrogen-bond acceptors (Lipinski definition) is 2. The van der Waals surface area contributed by atoms with E-state index in [0.717, 1.165) is 19.6 Å². The van der Waals surface area contributed by atoms with E-state index in [9.17, 15) is 0 Å². The van der Waals surface area contributed by atoms with Crippen molar-refractivity contribution in [2.75, 3.05) is 19.6 Å². The molecule has 2 N–H and O–H groups in total. The van der Waals surface area contributed by atoms with Gasteiger partial charge in [-0.3, -0.25) is 0 Å². The lowest BCUT2D eigenvalue weighted by atomic mass is 9.86. The highest BCUT2D eigenvalue weighted by molar-refractivity contribution is 5.50. The Morgan fingerprint density at radius 3 is 1.76 bits per heavy atom. The summed E-state index contributed by atoms with van der Waals surface area (Å²) in [6, 6.07) is 0.474. The van der Waals surface area contributed by atoms with Crippen molar-refractivity contribution in [3.63, 3.8) is 0 Å². The van der Waals surface area contributed by atoms with Crippen LogP contribution in [0.25, 0.3) is 0 Å². The average molecular weight is 232 g/mol. The van der Waals surface area contributed by atoms with Gasteiger partial charge in [-0.15, -0.1) is 0 Å². The molecular weight excluding hydrogens is 208 g/mol. The van der Waals surface area contributed by atoms with E-state index in [4.69, 9.17) is 0 Å². The first kappa shape index (κ1) is 12.6. The smallest absolute Gasteiger partial charge is 0.0452 e. The van der Waals surface area contributed by atoms with Gasteiger partial charge in [0.15, 0.2) is 0 Å². The Bertz CT molecular complexity index is 400. The summed E-state index contributed by atoms with van der Waals surface area (Å²) in [7, 11) is 0. The molecule has 1 aliphatic heterocycles. The molecule has 1 aromatic rings. The van der Waals surface area contributed by atoms with Crippen molar-refractivity contribution in [3.05, 3.63) is 33.4 Å². The van der Waals surface area contributed by atoms with Crippen molar-refractivity contribution in [1.29, 1.82) is 0 Å². The van der Waals surface area contributed by atoms with Crippen molar-refractivity contribution in [2.24, 2.45) is 0 Å². The fraction of sp³-hybridized carbons (Fsp3) is 0.600. The Kier molecular flexibility index (Phi) is 3.55. The second-order valence-electron chi connectivity index (χ2n) is 5.25. The monoisotopic (exact) mass is 232 g/mol. The van der Waals surface area contributed by atoms with E-state index in [1.807, 2.05) is 0 Å². The topological polar surface area (TPSA) is 24.1 Å². The summed E-state index contributed by atoms with van der Waals surface area (Å²) in [5, 5.41) is 7.11. The second kappa shape index (κ2) is 4.79. The molecule has 1 aliphatic rings. The van der Waals surface area contributed by atoms with Gasteiger partial charge in [0.1, 0.15) is 0 Å². The first-order chi connectivity index (χ1) is 8.04. The average Bonchev–Trinajstić information content (AvgIpc) is 2.36. The molecule has 94 valence electrons. The first-order valence-electron chi connectivity index (χ1n) is 6.55. The van der Waals surface area contributed by atoms with Gasteiger partial charge < -0.3 is 10.6 Å². The highest BCUT2D eigenvalue weighted by atomic mass is 15.1. The summed E-state index contributed by atoms with van der Waals surface area (Å²) in [5.41, 5.74) is 8.80. The Morgan fingerprint density at radius 2 is 1.29 bits per heavy atom. The summed E-state index contributed by atoms with van der Waals surface area (Å²) in [6.45, 7) is 14.5. The number of piperazine rings is 1. The lowest BCUT2D eigenvalue weighted by molar-refractivity contribution is 0.427. The molecule has 0 saturated carbocycles. The van der Waals surface area contributed by atoms with Crippen LogP contribution in [-0.2, 0) is 0 Å². The van der Waals surface area contributed by atoms with Gasteiger partial charge in [0.2, 0.25) is 0 Å². The summed E-state index contributed by atoms with van der Waals surface area (Å²) in [6.07, 6.45) is 0. The van der Waals surface area contributed by atoms with Gasteiger partial charge in [0, 0.05) is 25.7 Å². The van der Waals surface area contributed by atoms with Gasteiger partial charge in [0.05, 0.1) is 0 Å². The van der Waals surface area contributed by atoms with Crippen LogP contribution in [0.3, 0.4) is 0 Å². The summed E-state index contributed by atoms with van der Waals surface area (Å²) in [4.78, 5) is 0. The molecule has 1 aromatic carbocycles. The Balaban J connectivity index is 2.52. The fourth-order valence-corrected chi connectivity index (χ4v) is 2.91. The number of rotatable bonds is 1. The zero-order valence-electron chi connectivity index (χ0n) is 11.7. The van der Waals surface area contributed by atoms with E-state index in [1.54, 1.807) is 0 Å². The SMILES string of the molecule is Cc1c(C)c(C)c([C@@H]2CNCCN2)c(C)c1C. The first-order valence-corrected chi connectivity index (χ1v) is 6.55. The standard InChI is InChI=1S/C15H24N2/c1-9-10(2)12(4)15(13(5)11(9)3)14-8-16-6-7-17-14/h14,16-17H,6-8H2,1-5H3/t14-/m0/s1. The molecule has 2 rings (SSSR count). The molecule has 0 aliphatic carbocycles. The third-order valence-electron chi connectivity index (χ3n) is 4.45. The van der Waals surface area contributed by atoms with Crippen LogP contribution in [0.5, 0.6) is 0 Å². The maximum Gasteiger partial charge on any atom is 0.0452 e. The van der Waals surface area contributed by atoms with Gasteiger partial charge in [-0.1, -0.05) is 0 Å². The molecule has 0 radical (unpaired) electrons. The number of hydrogen-bond donors (Lipinski definition) is 2. The van der Waals surface area contributed by atoms with E-state index < -0.39 is 0 Å². The Labute approximate surface area is 105 Å². The minimum Gasteiger partial charge on any atom is -0.314 e. The predicted octanol–water partition coefficient (Wildman–Crippen LogP) is 2.46. The van der Waals surface area contributed by atoms with Crippen molar-refractivity contribution in [3.8, 4) is 0 Å². The molecule has 1 fully saturated rings. The minimum atomic E-state index is 0.474. The molecular formula is C15H24N2. The molecule has 0 unspecified atom stereocenters. The maximum atomic E-state index is 3.63. The molecule has 1 heterocycles. The highest BCUT2D eigenvalue weighted by Crippen LogP contribution is 2.30. The lowest BCUT2D eigenvalue weighted by Gasteiger charge is -2.30. The minimum absolute atomic E-state index is 0.474. The molecule has 0 spiro atoms. The van der Waals surface area contributed by atoms with E-state index in [-0.39, 0.29) is 0 Å². The summed E-state index contributed by atoms with van der Waals surface area (Å²) < 4.78 is 0. The molecule has 0 bridgehead atoms. The molecule has 1 saturated heterocycles. The molecule has 0 amide bonds. The van der Waals surface area contributed by atoms with E-state index in [2.05, 4.69) is 45.3 Å². The van der Waals surface area contributed by atoms with Gasteiger partial charge >= 0.3 is 0 Å². The van der Waals surface area contributed by atoms with Crippen molar-refractivity contribution in [1.82, 2.24) is 10.6 Å². The van der Waals surface area contributed by atoms with Crippen molar-refractivity contribution in [2.45, 2.75) is 40.7 Å². The zero-order valence-corrected chi connectivity index (χ0v) is 11.7. The van der Waals surface area contributed by atoms with Crippen LogP contribution in [0.2, 0.25) is 0 Å². The van der Waals surface area contributed by atoms with E-state index in [1.165, 1.54) is 33.4 Å². The van der Waals surface area contributed by atoms with Gasteiger partial charge in [-0.25, -0.2) is 0 Å². The number of nitrogens with one attached hydrogen (secondary N) is 2. The lowest BCUT2D eigenvalue weighted by Crippen LogP contribution is -2.43. The predicted molar refractivity (Wildman–Crippen MR) is 73.7 cm³/mol. The highest BCUT2D eigenvalue weighted by Gasteiger charge is 2.21. The van der Waals surface area contributed by atoms with Crippen LogP contribution < -0.4 is 10.6 Å². The van der Waals surface area contributed by atoms with Gasteiger partial charge in [0.25, 0.3) is 0 Å². The largest absolute Gasteiger partial charge is 0.314 e. The van der Waals surface area contributed by atoms with E-state index >= 15 is 0 Å². The van der Waals surface area contributed by atoms with E-state index in [0.29, 0.717) is 6.04 Å². The third-order valence-corrected chi connectivity index (χ3v) is 4.45. The van der Waals surface area contributed by atoms with Gasteiger partial charge in [-0.05, 0) is 68.0 Å². The van der Waals surface area contributed by atoms with Crippen LogP contribution in [0.1, 0.15) is 39.4 Å². The molecule has 1 atom stereocenters. The quantitative estimate of drug-likeness (QED) is 0.777. The van der Waals surface area contributed by atoms with Crippen LogP contribution in [0.4, 0.5) is 0 Å². The normalized spacial score (nSPS) is 20.6. The molecule has 0 aromatic heterocycles. The van der Waals surface area contributed by atoms with Crippen LogP contribution in [0.15, 0.2) is 0 Å². The van der Waals surface area contributed by atoms with Crippen molar-refractivity contribution < 1.29 is 0 Å². The number of benzene rings is 1. The van der Waals surface area contributed by atoms with Crippen LogP contribution in [-0.4, -0.2) is 19.6 Å². The molecule has 2 heteroatoms. The zero-order chi connectivity index (χ0) is 12.6. The second-order valence-corrected chi connectivity index (χ2v) is 5.25. The van der Waals surface area contributed by atoms with Crippen molar-refractivity contribution >= 4 is 0 Å².